The Labute approximate surface area is 64.0 Å². The first-order chi connectivity index (χ1) is 4.68. The van der Waals surface area contributed by atoms with E-state index in [1.807, 2.05) is 0 Å². The summed E-state index contributed by atoms with van der Waals surface area (Å²) in [5.41, 5.74) is 11.4. The van der Waals surface area contributed by atoms with Gasteiger partial charge in [-0.3, -0.25) is 0 Å². The fraction of sp³-hybridized carbons (Fsp3) is 1.00. The Hall–Kier alpha value is -0.0800. The maximum Gasteiger partial charge on any atom is -0.00233 e. The highest BCUT2D eigenvalue weighted by molar-refractivity contribution is 4.73. The van der Waals surface area contributed by atoms with Gasteiger partial charge in [-0.15, -0.1) is 0 Å². The molecular formula is C8H20N2. The molecule has 2 nitrogen and oxygen atoms in total. The van der Waals surface area contributed by atoms with Gasteiger partial charge >= 0.3 is 0 Å². The van der Waals surface area contributed by atoms with E-state index < -0.39 is 0 Å². The molecule has 2 heteroatoms. The summed E-state index contributed by atoms with van der Waals surface area (Å²) < 4.78 is 0. The number of rotatable bonds is 5. The molecule has 0 amide bonds. The van der Waals surface area contributed by atoms with E-state index in [0.717, 1.165) is 32.4 Å². The maximum atomic E-state index is 5.62. The fourth-order valence-corrected chi connectivity index (χ4v) is 0.952. The highest BCUT2D eigenvalue weighted by Gasteiger charge is 2.18. The molecule has 0 aliphatic carbocycles. The molecule has 0 aliphatic rings. The minimum absolute atomic E-state index is 0.333. The first kappa shape index (κ1) is 9.92. The molecule has 0 heterocycles. The van der Waals surface area contributed by atoms with Crippen LogP contribution in [0, 0.1) is 5.41 Å². The third kappa shape index (κ3) is 3.18. The highest BCUT2D eigenvalue weighted by Crippen LogP contribution is 2.24. The van der Waals surface area contributed by atoms with Crippen molar-refractivity contribution in [1.29, 1.82) is 0 Å². The van der Waals surface area contributed by atoms with Gasteiger partial charge in [0.1, 0.15) is 0 Å². The van der Waals surface area contributed by atoms with Crippen LogP contribution in [0.2, 0.25) is 0 Å². The van der Waals surface area contributed by atoms with E-state index in [9.17, 15) is 0 Å². The van der Waals surface area contributed by atoms with Crippen molar-refractivity contribution >= 4 is 0 Å². The smallest absolute Gasteiger partial charge is 0.00233 e. The minimum atomic E-state index is 0.333. The highest BCUT2D eigenvalue weighted by atomic mass is 14.6. The Balaban J connectivity index is 3.58. The molecule has 0 radical (unpaired) electrons. The van der Waals surface area contributed by atoms with Crippen molar-refractivity contribution in [3.8, 4) is 0 Å². The van der Waals surface area contributed by atoms with Crippen molar-refractivity contribution in [2.45, 2.75) is 33.1 Å². The summed E-state index contributed by atoms with van der Waals surface area (Å²) in [5, 5.41) is 0. The lowest BCUT2D eigenvalue weighted by molar-refractivity contribution is 0.290. The zero-order valence-electron chi connectivity index (χ0n) is 7.19. The number of hydrogen-bond acceptors (Lipinski definition) is 2. The molecule has 4 N–H and O–H groups in total. The molecule has 1 unspecified atom stereocenters. The van der Waals surface area contributed by atoms with Crippen LogP contribution in [0.1, 0.15) is 33.1 Å². The van der Waals surface area contributed by atoms with Crippen molar-refractivity contribution in [3.05, 3.63) is 0 Å². The van der Waals surface area contributed by atoms with Gasteiger partial charge in [-0.25, -0.2) is 0 Å². The predicted octanol–water partition coefficient (Wildman–Crippen LogP) is 1.10. The van der Waals surface area contributed by atoms with Gasteiger partial charge in [-0.2, -0.15) is 0 Å². The first-order valence-electron chi connectivity index (χ1n) is 4.08. The number of hydrogen-bond donors (Lipinski definition) is 2. The lowest BCUT2D eigenvalue weighted by Crippen LogP contribution is -2.27. The molecule has 62 valence electrons. The summed E-state index contributed by atoms with van der Waals surface area (Å²) in [6.07, 6.45) is 3.42. The summed E-state index contributed by atoms with van der Waals surface area (Å²) in [6, 6.07) is 0. The maximum absolute atomic E-state index is 5.62. The molecule has 0 aromatic heterocycles. The summed E-state index contributed by atoms with van der Waals surface area (Å²) >= 11 is 0. The summed E-state index contributed by atoms with van der Waals surface area (Å²) in [6.45, 7) is 5.98. The Bertz CT molecular complexity index is 77.3. The lowest BCUT2D eigenvalue weighted by Gasteiger charge is -2.25. The van der Waals surface area contributed by atoms with Gasteiger partial charge in [0.15, 0.2) is 0 Å². The van der Waals surface area contributed by atoms with E-state index in [2.05, 4.69) is 13.8 Å². The van der Waals surface area contributed by atoms with Crippen LogP contribution in [-0.4, -0.2) is 13.1 Å². The topological polar surface area (TPSA) is 52.0 Å². The molecule has 1 atom stereocenters. The Morgan fingerprint density at radius 3 is 2.20 bits per heavy atom. The normalized spacial score (nSPS) is 16.8. The van der Waals surface area contributed by atoms with Gasteiger partial charge in [0.25, 0.3) is 0 Å². The van der Waals surface area contributed by atoms with Crippen LogP contribution < -0.4 is 11.5 Å². The van der Waals surface area contributed by atoms with Gasteiger partial charge < -0.3 is 11.5 Å². The van der Waals surface area contributed by atoms with Crippen LogP contribution in [0.5, 0.6) is 0 Å². The third-order valence-corrected chi connectivity index (χ3v) is 2.33. The summed E-state index contributed by atoms with van der Waals surface area (Å²) in [5.74, 6) is 0. The quantitative estimate of drug-likeness (QED) is 0.607. The van der Waals surface area contributed by atoms with E-state index in [1.165, 1.54) is 0 Å². The largest absolute Gasteiger partial charge is 0.330 e. The van der Waals surface area contributed by atoms with E-state index in [4.69, 9.17) is 11.5 Å². The van der Waals surface area contributed by atoms with Crippen molar-refractivity contribution in [2.75, 3.05) is 13.1 Å². The molecule has 0 saturated carbocycles. The SMILES string of the molecule is CCC(C)(CN)CCCN. The van der Waals surface area contributed by atoms with Crippen LogP contribution in [0.15, 0.2) is 0 Å². The minimum Gasteiger partial charge on any atom is -0.330 e. The van der Waals surface area contributed by atoms with Gasteiger partial charge in [-0.1, -0.05) is 13.8 Å². The Kier molecular flexibility index (Phi) is 4.65. The average Bonchev–Trinajstić information content (AvgIpc) is 2.00. The predicted molar refractivity (Wildman–Crippen MR) is 45.7 cm³/mol. The molecular weight excluding hydrogens is 124 g/mol. The third-order valence-electron chi connectivity index (χ3n) is 2.33. The van der Waals surface area contributed by atoms with Crippen LogP contribution in [0.4, 0.5) is 0 Å². The van der Waals surface area contributed by atoms with E-state index in [1.54, 1.807) is 0 Å². The molecule has 0 aliphatic heterocycles. The second-order valence-electron chi connectivity index (χ2n) is 3.26. The van der Waals surface area contributed by atoms with Crippen molar-refractivity contribution in [2.24, 2.45) is 16.9 Å². The molecule has 0 rings (SSSR count). The molecule has 0 saturated heterocycles. The molecule has 0 aromatic carbocycles. The average molecular weight is 144 g/mol. The van der Waals surface area contributed by atoms with Crippen molar-refractivity contribution in [1.82, 2.24) is 0 Å². The molecule has 0 fully saturated rings. The zero-order chi connectivity index (χ0) is 8.04. The van der Waals surface area contributed by atoms with Crippen molar-refractivity contribution in [3.63, 3.8) is 0 Å². The zero-order valence-corrected chi connectivity index (χ0v) is 7.19. The summed E-state index contributed by atoms with van der Waals surface area (Å²) in [7, 11) is 0. The van der Waals surface area contributed by atoms with Gasteiger partial charge in [0.05, 0.1) is 0 Å². The Morgan fingerprint density at radius 1 is 1.30 bits per heavy atom. The number of nitrogens with two attached hydrogens (primary N) is 2. The van der Waals surface area contributed by atoms with E-state index in [-0.39, 0.29) is 0 Å². The van der Waals surface area contributed by atoms with Crippen LogP contribution >= 0.6 is 0 Å². The van der Waals surface area contributed by atoms with Gasteiger partial charge in [-0.05, 0) is 37.8 Å². The van der Waals surface area contributed by atoms with Crippen LogP contribution in [-0.2, 0) is 0 Å². The van der Waals surface area contributed by atoms with Gasteiger partial charge in [0, 0.05) is 0 Å². The van der Waals surface area contributed by atoms with Gasteiger partial charge in [0.2, 0.25) is 0 Å². The van der Waals surface area contributed by atoms with Crippen molar-refractivity contribution < 1.29 is 0 Å². The summed E-state index contributed by atoms with van der Waals surface area (Å²) in [4.78, 5) is 0. The molecule has 0 bridgehead atoms. The van der Waals surface area contributed by atoms with Crippen LogP contribution in [0.3, 0.4) is 0 Å². The Morgan fingerprint density at radius 2 is 1.90 bits per heavy atom. The lowest BCUT2D eigenvalue weighted by atomic mass is 9.83. The standard InChI is InChI=1S/C8H20N2/c1-3-8(2,7-10)5-4-6-9/h3-7,9-10H2,1-2H3. The van der Waals surface area contributed by atoms with Crippen LogP contribution in [0.25, 0.3) is 0 Å². The second-order valence-corrected chi connectivity index (χ2v) is 3.26. The van der Waals surface area contributed by atoms with E-state index in [0.29, 0.717) is 5.41 Å². The molecule has 0 aromatic rings. The molecule has 10 heavy (non-hydrogen) atoms. The monoisotopic (exact) mass is 144 g/mol. The first-order valence-corrected chi connectivity index (χ1v) is 4.08. The second kappa shape index (κ2) is 4.69. The van der Waals surface area contributed by atoms with E-state index >= 15 is 0 Å². The fourth-order valence-electron chi connectivity index (χ4n) is 0.952. The molecule has 0 spiro atoms.